The number of imide groups is 1. The summed E-state index contributed by atoms with van der Waals surface area (Å²) < 4.78 is 0. The Hall–Kier alpha value is -5.10. The molecule has 4 aliphatic rings. The van der Waals surface area contributed by atoms with Crippen molar-refractivity contribution in [2.75, 3.05) is 6.54 Å². The SMILES string of the molecule is CCCN1C(=O)[C@H]2[C@H](CC=C3[C@H]2C[C@H]2C(=O)C(c4ccccc4)=CC(=O)[C@@]2(c2ccccc2)[C@H]3c2ccc(O)c3ccccc23)C1=O. The third-order valence-corrected chi connectivity index (χ3v) is 11.2. The number of carbonyl (C=O) groups excluding carboxylic acids is 4. The number of ketones is 2. The van der Waals surface area contributed by atoms with E-state index in [9.17, 15) is 14.7 Å². The lowest BCUT2D eigenvalue weighted by Gasteiger charge is -2.55. The van der Waals surface area contributed by atoms with Gasteiger partial charge >= 0.3 is 0 Å². The lowest BCUT2D eigenvalue weighted by molar-refractivity contribution is -0.140. The van der Waals surface area contributed by atoms with Gasteiger partial charge in [0.15, 0.2) is 11.6 Å². The highest BCUT2D eigenvalue weighted by Crippen LogP contribution is 2.64. The van der Waals surface area contributed by atoms with E-state index in [1.54, 1.807) is 6.07 Å². The first kappa shape index (κ1) is 29.3. The van der Waals surface area contributed by atoms with E-state index in [1.807, 2.05) is 97.9 Å². The first-order chi connectivity index (χ1) is 22.9. The molecule has 1 saturated heterocycles. The largest absolute Gasteiger partial charge is 0.507 e. The van der Waals surface area contributed by atoms with Gasteiger partial charge in [0.1, 0.15) is 5.75 Å². The second-order valence-electron chi connectivity index (χ2n) is 13.3. The molecule has 1 saturated carbocycles. The number of likely N-dealkylation sites (tertiary alicyclic amines) is 1. The summed E-state index contributed by atoms with van der Waals surface area (Å²) in [5, 5.41) is 12.4. The van der Waals surface area contributed by atoms with Crippen LogP contribution in [-0.2, 0) is 24.6 Å². The fraction of sp³-hybridized carbons (Fsp3) is 0.268. The molecule has 1 N–H and O–H groups in total. The molecule has 6 atom stereocenters. The van der Waals surface area contributed by atoms with Crippen molar-refractivity contribution in [3.8, 4) is 5.75 Å². The molecular formula is C41H35NO5. The Morgan fingerprint density at radius 1 is 0.787 bits per heavy atom. The van der Waals surface area contributed by atoms with Crippen molar-refractivity contribution < 1.29 is 24.3 Å². The van der Waals surface area contributed by atoms with Crippen molar-refractivity contribution >= 4 is 39.7 Å². The van der Waals surface area contributed by atoms with Gasteiger partial charge in [-0.15, -0.1) is 0 Å². The maximum absolute atomic E-state index is 15.2. The van der Waals surface area contributed by atoms with Crippen LogP contribution in [0.5, 0.6) is 5.75 Å². The molecule has 0 radical (unpaired) electrons. The van der Waals surface area contributed by atoms with Crippen LogP contribution in [0.25, 0.3) is 16.3 Å². The van der Waals surface area contributed by atoms with Crippen LogP contribution in [0.2, 0.25) is 0 Å². The molecule has 3 aliphatic carbocycles. The van der Waals surface area contributed by atoms with Crippen LogP contribution in [0.1, 0.15) is 48.8 Å². The molecule has 0 bridgehead atoms. The van der Waals surface area contributed by atoms with E-state index in [4.69, 9.17) is 0 Å². The van der Waals surface area contributed by atoms with Crippen molar-refractivity contribution in [3.63, 3.8) is 0 Å². The van der Waals surface area contributed by atoms with Crippen LogP contribution in [0, 0.1) is 23.7 Å². The summed E-state index contributed by atoms with van der Waals surface area (Å²) >= 11 is 0. The quantitative estimate of drug-likeness (QED) is 0.196. The van der Waals surface area contributed by atoms with Crippen molar-refractivity contribution in [1.82, 2.24) is 4.90 Å². The van der Waals surface area contributed by atoms with Crippen molar-refractivity contribution in [2.24, 2.45) is 23.7 Å². The van der Waals surface area contributed by atoms with Gasteiger partial charge in [-0.1, -0.05) is 110 Å². The number of allylic oxidation sites excluding steroid dienone is 4. The number of rotatable bonds is 5. The first-order valence-electron chi connectivity index (χ1n) is 16.5. The molecule has 1 aliphatic heterocycles. The number of nitrogens with zero attached hydrogens (tertiary/aromatic N) is 1. The zero-order chi connectivity index (χ0) is 32.4. The maximum atomic E-state index is 15.2. The van der Waals surface area contributed by atoms with Crippen molar-refractivity contribution in [3.05, 3.63) is 131 Å². The number of hydrogen-bond donors (Lipinski definition) is 1. The summed E-state index contributed by atoms with van der Waals surface area (Å²) in [7, 11) is 0. The zero-order valence-corrected chi connectivity index (χ0v) is 26.1. The summed E-state index contributed by atoms with van der Waals surface area (Å²) in [5.41, 5.74) is 2.25. The molecule has 6 nitrogen and oxygen atoms in total. The number of carbonyl (C=O) groups is 4. The van der Waals surface area contributed by atoms with E-state index in [1.165, 1.54) is 11.0 Å². The van der Waals surface area contributed by atoms with Crippen molar-refractivity contribution in [1.29, 1.82) is 0 Å². The van der Waals surface area contributed by atoms with Crippen LogP contribution < -0.4 is 0 Å². The molecule has 0 unspecified atom stereocenters. The molecule has 4 aromatic carbocycles. The summed E-state index contributed by atoms with van der Waals surface area (Å²) in [5.74, 6) is -3.36. The predicted molar refractivity (Wildman–Crippen MR) is 179 cm³/mol. The number of amides is 2. The minimum atomic E-state index is -1.31. The minimum Gasteiger partial charge on any atom is -0.507 e. The normalized spacial score (nSPS) is 28.4. The van der Waals surface area contributed by atoms with Crippen LogP contribution in [0.15, 0.2) is 115 Å². The Bertz CT molecular complexity index is 2030. The van der Waals surface area contributed by atoms with E-state index in [-0.39, 0.29) is 35.6 Å². The molecule has 4 aromatic rings. The Labute approximate surface area is 273 Å². The van der Waals surface area contributed by atoms with Crippen LogP contribution in [-0.4, -0.2) is 39.9 Å². The highest BCUT2D eigenvalue weighted by atomic mass is 16.3. The number of benzene rings is 4. The molecule has 2 amide bonds. The van der Waals surface area contributed by atoms with Gasteiger partial charge in [0.05, 0.1) is 17.3 Å². The molecule has 8 rings (SSSR count). The van der Waals surface area contributed by atoms with E-state index in [0.717, 1.165) is 22.1 Å². The fourth-order valence-electron chi connectivity index (χ4n) is 9.29. The molecule has 234 valence electrons. The van der Waals surface area contributed by atoms with Gasteiger partial charge in [-0.05, 0) is 59.4 Å². The minimum absolute atomic E-state index is 0.129. The summed E-state index contributed by atoms with van der Waals surface area (Å²) in [4.78, 5) is 59.4. The van der Waals surface area contributed by atoms with Gasteiger partial charge in [-0.2, -0.15) is 0 Å². The Morgan fingerprint density at radius 2 is 1.47 bits per heavy atom. The number of fused-ring (bicyclic) bond motifs is 5. The monoisotopic (exact) mass is 621 g/mol. The van der Waals surface area contributed by atoms with Crippen LogP contribution in [0.3, 0.4) is 0 Å². The summed E-state index contributed by atoms with van der Waals surface area (Å²) in [6.07, 6.45) is 4.98. The lowest BCUT2D eigenvalue weighted by Crippen LogP contribution is -2.58. The molecular weight excluding hydrogens is 586 g/mol. The second kappa shape index (κ2) is 11.0. The zero-order valence-electron chi connectivity index (χ0n) is 26.1. The van der Waals surface area contributed by atoms with Gasteiger partial charge in [0, 0.05) is 29.3 Å². The number of phenols is 1. The van der Waals surface area contributed by atoms with Gasteiger partial charge in [-0.25, -0.2) is 0 Å². The van der Waals surface area contributed by atoms with Gasteiger partial charge in [-0.3, -0.25) is 24.1 Å². The van der Waals surface area contributed by atoms with Crippen molar-refractivity contribution in [2.45, 2.75) is 37.5 Å². The number of hydrogen-bond acceptors (Lipinski definition) is 5. The topological polar surface area (TPSA) is 91.8 Å². The summed E-state index contributed by atoms with van der Waals surface area (Å²) in [6, 6.07) is 30.0. The van der Waals surface area contributed by atoms with E-state index < -0.39 is 35.0 Å². The molecule has 0 aromatic heterocycles. The highest BCUT2D eigenvalue weighted by Gasteiger charge is 2.66. The average Bonchev–Trinajstić information content (AvgIpc) is 3.35. The smallest absolute Gasteiger partial charge is 0.233 e. The van der Waals surface area contributed by atoms with Gasteiger partial charge < -0.3 is 5.11 Å². The van der Waals surface area contributed by atoms with E-state index in [2.05, 4.69) is 6.08 Å². The molecule has 1 heterocycles. The van der Waals surface area contributed by atoms with E-state index >= 15 is 9.59 Å². The Kier molecular flexibility index (Phi) is 6.87. The third-order valence-electron chi connectivity index (χ3n) is 11.2. The maximum Gasteiger partial charge on any atom is 0.233 e. The summed E-state index contributed by atoms with van der Waals surface area (Å²) in [6.45, 7) is 2.32. The molecule has 47 heavy (non-hydrogen) atoms. The molecule has 0 spiro atoms. The lowest BCUT2D eigenvalue weighted by atomic mass is 9.44. The first-order valence-corrected chi connectivity index (χ1v) is 16.5. The number of Topliss-reactive ketones (excluding diaryl/α,β-unsaturated/α-hetero) is 1. The third kappa shape index (κ3) is 4.10. The van der Waals surface area contributed by atoms with E-state index in [0.29, 0.717) is 35.9 Å². The predicted octanol–water partition coefficient (Wildman–Crippen LogP) is 6.78. The molecule has 6 heteroatoms. The average molecular weight is 622 g/mol. The standard InChI is InChI=1S/C41H35NO5/c1-2-21-42-39(46)30-18-17-29-32(36(30)40(42)47)22-33-38(45)31(24-11-5-3-6-12-24)23-35(44)41(33,25-13-7-4-8-14-25)37(29)28-19-20-34(43)27-16-10-9-15-26(27)28/h3-17,19-20,23,30,32-33,36-37,43H,2,18,21-22H2,1H3/t30-,32+,33-,36-,37-,41-/m0/s1. The number of aromatic hydroxyl groups is 1. The van der Waals surface area contributed by atoms with Crippen LogP contribution >= 0.6 is 0 Å². The van der Waals surface area contributed by atoms with Gasteiger partial charge in [0.25, 0.3) is 0 Å². The fourth-order valence-corrected chi connectivity index (χ4v) is 9.29. The number of phenolic OH excluding ortho intramolecular Hbond substituents is 1. The Balaban J connectivity index is 1.44. The Morgan fingerprint density at radius 3 is 2.19 bits per heavy atom. The second-order valence-corrected chi connectivity index (χ2v) is 13.3. The van der Waals surface area contributed by atoms with Crippen LogP contribution in [0.4, 0.5) is 0 Å². The molecule has 2 fully saturated rings. The highest BCUT2D eigenvalue weighted by molar-refractivity contribution is 6.31. The van der Waals surface area contributed by atoms with Gasteiger partial charge in [0.2, 0.25) is 11.8 Å².